The summed E-state index contributed by atoms with van der Waals surface area (Å²) in [5.41, 5.74) is 8.19. The average Bonchev–Trinajstić information content (AvgIpc) is 3.21. The van der Waals surface area contributed by atoms with E-state index in [9.17, 15) is 4.79 Å². The van der Waals surface area contributed by atoms with Crippen LogP contribution in [-0.2, 0) is 4.79 Å². The first-order valence-corrected chi connectivity index (χ1v) is 9.12. The molecule has 1 amide bonds. The van der Waals surface area contributed by atoms with Crippen molar-refractivity contribution in [2.75, 3.05) is 13.1 Å². The number of ether oxygens (including phenoxy) is 1. The highest BCUT2D eigenvalue weighted by Crippen LogP contribution is 2.46. The van der Waals surface area contributed by atoms with Crippen LogP contribution < -0.4 is 10.5 Å². The molecule has 5 rings (SSSR count). The third-order valence-corrected chi connectivity index (χ3v) is 6.15. The second kappa shape index (κ2) is 5.60. The van der Waals surface area contributed by atoms with Crippen LogP contribution in [0.2, 0.25) is 0 Å². The highest BCUT2D eigenvalue weighted by molar-refractivity contribution is 5.90. The van der Waals surface area contributed by atoms with Crippen molar-refractivity contribution in [2.45, 2.75) is 24.8 Å². The zero-order valence-corrected chi connectivity index (χ0v) is 14.1. The van der Waals surface area contributed by atoms with Gasteiger partial charge in [0.25, 0.3) is 0 Å². The lowest BCUT2D eigenvalue weighted by molar-refractivity contribution is -0.131. The lowest BCUT2D eigenvalue weighted by atomic mass is 9.87. The van der Waals surface area contributed by atoms with Crippen molar-refractivity contribution in [1.29, 1.82) is 0 Å². The normalized spacial score (nSPS) is 27.4. The molecule has 0 spiro atoms. The molecule has 0 radical (unpaired) electrons. The van der Waals surface area contributed by atoms with Gasteiger partial charge in [-0.3, -0.25) is 4.79 Å². The monoisotopic (exact) mass is 334 g/mol. The molecule has 4 heteroatoms. The van der Waals surface area contributed by atoms with Crippen molar-refractivity contribution in [3.63, 3.8) is 0 Å². The van der Waals surface area contributed by atoms with Crippen molar-refractivity contribution < 1.29 is 9.53 Å². The number of para-hydroxylation sites is 2. The summed E-state index contributed by atoms with van der Waals surface area (Å²) in [7, 11) is 0. The highest BCUT2D eigenvalue weighted by Gasteiger charge is 2.45. The Kier molecular flexibility index (Phi) is 3.35. The minimum absolute atomic E-state index is 0.185. The van der Waals surface area contributed by atoms with Crippen LogP contribution in [0, 0.1) is 11.8 Å². The topological polar surface area (TPSA) is 55.6 Å². The number of carbonyl (C=O) groups is 1. The Balaban J connectivity index is 1.52. The van der Waals surface area contributed by atoms with Crippen molar-refractivity contribution in [1.82, 2.24) is 4.90 Å². The van der Waals surface area contributed by atoms with Gasteiger partial charge in [-0.2, -0.15) is 0 Å². The van der Waals surface area contributed by atoms with Crippen molar-refractivity contribution in [3.05, 3.63) is 59.7 Å². The van der Waals surface area contributed by atoms with Gasteiger partial charge in [-0.25, -0.2) is 0 Å². The van der Waals surface area contributed by atoms with Crippen LogP contribution in [0.25, 0.3) is 0 Å². The van der Waals surface area contributed by atoms with Gasteiger partial charge in [0.15, 0.2) is 0 Å². The van der Waals surface area contributed by atoms with E-state index in [1.54, 1.807) is 0 Å². The minimum Gasteiger partial charge on any atom is -0.457 e. The molecule has 3 aliphatic rings. The van der Waals surface area contributed by atoms with E-state index < -0.39 is 0 Å². The summed E-state index contributed by atoms with van der Waals surface area (Å²) in [4.78, 5) is 15.5. The van der Waals surface area contributed by atoms with Gasteiger partial charge in [-0.05, 0) is 36.8 Å². The summed E-state index contributed by atoms with van der Waals surface area (Å²) in [6, 6.07) is 16.0. The van der Waals surface area contributed by atoms with Gasteiger partial charge in [-0.15, -0.1) is 0 Å². The quantitative estimate of drug-likeness (QED) is 0.872. The number of hydrogen-bond donors (Lipinski definition) is 1. The first kappa shape index (κ1) is 15.0. The first-order chi connectivity index (χ1) is 12.2. The number of nitrogens with zero attached hydrogens (tertiary/aromatic N) is 1. The van der Waals surface area contributed by atoms with Crippen molar-refractivity contribution in [2.24, 2.45) is 17.6 Å². The standard InChI is InChI=1S/C21H22N2O2/c22-17-10-9-13-11-23(12-16(13)17)21(24)20-14-5-1-3-7-18(14)25-19-8-4-2-6-15(19)20/h1-8,13,16-17,20H,9-12,22H2. The first-order valence-electron chi connectivity index (χ1n) is 9.12. The summed E-state index contributed by atoms with van der Waals surface area (Å²) < 4.78 is 6.02. The smallest absolute Gasteiger partial charge is 0.234 e. The Morgan fingerprint density at radius 2 is 1.60 bits per heavy atom. The number of benzene rings is 2. The van der Waals surface area contributed by atoms with Crippen LogP contribution in [0.4, 0.5) is 0 Å². The highest BCUT2D eigenvalue weighted by atomic mass is 16.5. The summed E-state index contributed by atoms with van der Waals surface area (Å²) in [5.74, 6) is 2.52. The number of rotatable bonds is 1. The molecule has 4 nitrogen and oxygen atoms in total. The van der Waals surface area contributed by atoms with E-state index in [0.717, 1.165) is 48.6 Å². The molecule has 3 atom stereocenters. The number of carbonyl (C=O) groups excluding carboxylic acids is 1. The molecule has 2 N–H and O–H groups in total. The fourth-order valence-corrected chi connectivity index (χ4v) is 4.85. The Morgan fingerprint density at radius 3 is 2.24 bits per heavy atom. The Hall–Kier alpha value is -2.33. The van der Waals surface area contributed by atoms with E-state index in [0.29, 0.717) is 11.8 Å². The molecule has 2 aromatic rings. The van der Waals surface area contributed by atoms with E-state index in [-0.39, 0.29) is 17.9 Å². The molecule has 25 heavy (non-hydrogen) atoms. The van der Waals surface area contributed by atoms with E-state index in [1.807, 2.05) is 53.4 Å². The Labute approximate surface area is 147 Å². The van der Waals surface area contributed by atoms with E-state index in [2.05, 4.69) is 0 Å². The summed E-state index contributed by atoms with van der Waals surface area (Å²) in [5, 5.41) is 0. The van der Waals surface area contributed by atoms with Gasteiger partial charge < -0.3 is 15.4 Å². The SMILES string of the molecule is NC1CCC2CN(C(=O)C3c4ccccc4Oc4ccccc43)CC12. The molecule has 2 fully saturated rings. The molecule has 1 saturated heterocycles. The minimum atomic E-state index is -0.281. The predicted octanol–water partition coefficient (Wildman–Crippen LogP) is 3.12. The maximum absolute atomic E-state index is 13.5. The van der Waals surface area contributed by atoms with Gasteiger partial charge in [0.1, 0.15) is 11.5 Å². The van der Waals surface area contributed by atoms with Crippen LogP contribution >= 0.6 is 0 Å². The number of fused-ring (bicyclic) bond motifs is 3. The zero-order chi connectivity index (χ0) is 17.0. The third kappa shape index (κ3) is 2.28. The van der Waals surface area contributed by atoms with Gasteiger partial charge in [0.2, 0.25) is 5.91 Å². The van der Waals surface area contributed by atoms with Gasteiger partial charge in [0.05, 0.1) is 5.92 Å². The van der Waals surface area contributed by atoms with Gasteiger partial charge in [-0.1, -0.05) is 36.4 Å². The maximum atomic E-state index is 13.5. The van der Waals surface area contributed by atoms with Crippen LogP contribution in [-0.4, -0.2) is 29.9 Å². The van der Waals surface area contributed by atoms with Crippen LogP contribution in [0.15, 0.2) is 48.5 Å². The predicted molar refractivity (Wildman–Crippen MR) is 95.6 cm³/mol. The summed E-state index contributed by atoms with van der Waals surface area (Å²) in [6.07, 6.45) is 2.25. The maximum Gasteiger partial charge on any atom is 0.234 e. The molecular formula is C21H22N2O2. The number of amides is 1. The molecule has 0 aromatic heterocycles. The molecule has 2 heterocycles. The molecule has 1 aliphatic carbocycles. The number of likely N-dealkylation sites (tertiary alicyclic amines) is 1. The van der Waals surface area contributed by atoms with Crippen LogP contribution in [0.5, 0.6) is 11.5 Å². The van der Waals surface area contributed by atoms with Crippen molar-refractivity contribution >= 4 is 5.91 Å². The summed E-state index contributed by atoms with van der Waals surface area (Å²) >= 11 is 0. The van der Waals surface area contributed by atoms with E-state index >= 15 is 0 Å². The third-order valence-electron chi connectivity index (χ3n) is 6.15. The summed E-state index contributed by atoms with van der Waals surface area (Å²) in [6.45, 7) is 1.64. The van der Waals surface area contributed by atoms with E-state index in [1.165, 1.54) is 0 Å². The molecule has 1 saturated carbocycles. The molecular weight excluding hydrogens is 312 g/mol. The fraction of sp³-hybridized carbons (Fsp3) is 0.381. The van der Waals surface area contributed by atoms with Gasteiger partial charge in [0, 0.05) is 30.3 Å². The lowest BCUT2D eigenvalue weighted by Gasteiger charge is -2.30. The molecule has 0 bridgehead atoms. The molecule has 3 unspecified atom stereocenters. The van der Waals surface area contributed by atoms with Gasteiger partial charge >= 0.3 is 0 Å². The number of nitrogens with two attached hydrogens (primary N) is 1. The fourth-order valence-electron chi connectivity index (χ4n) is 4.85. The lowest BCUT2D eigenvalue weighted by Crippen LogP contribution is -2.37. The Morgan fingerprint density at radius 1 is 0.960 bits per heavy atom. The molecule has 128 valence electrons. The second-order valence-corrected chi connectivity index (χ2v) is 7.52. The second-order valence-electron chi connectivity index (χ2n) is 7.52. The van der Waals surface area contributed by atoms with E-state index in [4.69, 9.17) is 10.5 Å². The largest absolute Gasteiger partial charge is 0.457 e. The van der Waals surface area contributed by atoms with Crippen molar-refractivity contribution in [3.8, 4) is 11.5 Å². The number of hydrogen-bond acceptors (Lipinski definition) is 3. The average molecular weight is 334 g/mol. The Bertz CT molecular complexity index is 789. The van der Waals surface area contributed by atoms with Crippen LogP contribution in [0.1, 0.15) is 29.9 Å². The molecule has 2 aromatic carbocycles. The van der Waals surface area contributed by atoms with Crippen LogP contribution in [0.3, 0.4) is 0 Å². The molecule has 2 aliphatic heterocycles. The zero-order valence-electron chi connectivity index (χ0n) is 14.1.